The van der Waals surface area contributed by atoms with Crippen molar-refractivity contribution in [1.29, 1.82) is 0 Å². The third-order valence-electron chi connectivity index (χ3n) is 8.80. The Morgan fingerprint density at radius 3 is 1.82 bits per heavy atom. The van der Waals surface area contributed by atoms with Gasteiger partial charge in [-0.2, -0.15) is 0 Å². The summed E-state index contributed by atoms with van der Waals surface area (Å²) in [6, 6.07) is -5.87. The molecular formula is C30H48N8O11. The second-order valence-corrected chi connectivity index (χ2v) is 12.9. The van der Waals surface area contributed by atoms with Crippen molar-refractivity contribution in [2.75, 3.05) is 39.3 Å². The van der Waals surface area contributed by atoms with Gasteiger partial charge in [0.15, 0.2) is 0 Å². The number of aliphatic hydroxyl groups excluding tert-OH is 2. The van der Waals surface area contributed by atoms with Crippen molar-refractivity contribution in [3.8, 4) is 0 Å². The number of nitrogens with two attached hydrogens (primary N) is 1. The molecule has 0 radical (unpaired) electrons. The van der Waals surface area contributed by atoms with E-state index >= 15 is 0 Å². The minimum atomic E-state index is -1.37. The van der Waals surface area contributed by atoms with E-state index in [0.29, 0.717) is 12.8 Å². The van der Waals surface area contributed by atoms with Gasteiger partial charge in [-0.15, -0.1) is 0 Å². The van der Waals surface area contributed by atoms with E-state index in [1.54, 1.807) is 13.8 Å². The molecule has 49 heavy (non-hydrogen) atoms. The molecule has 0 bridgehead atoms. The number of carboxylic acids is 1. The highest BCUT2D eigenvalue weighted by molar-refractivity contribution is 5.97. The Bertz CT molecular complexity index is 1300. The lowest BCUT2D eigenvalue weighted by Gasteiger charge is -2.30. The summed E-state index contributed by atoms with van der Waals surface area (Å²) in [6.45, 7) is 3.76. The molecule has 3 saturated heterocycles. The molecule has 7 amide bonds. The molecule has 0 unspecified atom stereocenters. The number of aliphatic hydroxyl groups is 2. The van der Waals surface area contributed by atoms with Crippen LogP contribution in [0.15, 0.2) is 0 Å². The Hall–Kier alpha value is -4.36. The van der Waals surface area contributed by atoms with E-state index in [2.05, 4.69) is 21.3 Å². The zero-order chi connectivity index (χ0) is 36.6. The highest BCUT2D eigenvalue weighted by atomic mass is 16.4. The number of nitrogens with zero attached hydrogens (tertiary/aromatic N) is 3. The van der Waals surface area contributed by atoms with Crippen LogP contribution in [0.5, 0.6) is 0 Å². The second-order valence-electron chi connectivity index (χ2n) is 12.9. The maximum atomic E-state index is 13.7. The first-order valence-corrected chi connectivity index (χ1v) is 16.4. The van der Waals surface area contributed by atoms with Crippen LogP contribution < -0.4 is 27.0 Å². The first-order valence-electron chi connectivity index (χ1n) is 16.4. The molecule has 0 aromatic carbocycles. The minimum absolute atomic E-state index is 0.0198. The summed E-state index contributed by atoms with van der Waals surface area (Å²) >= 11 is 0. The topological polar surface area (TPSA) is 281 Å². The van der Waals surface area contributed by atoms with E-state index in [1.165, 1.54) is 6.92 Å². The minimum Gasteiger partial charge on any atom is -0.480 e. The molecule has 0 aliphatic carbocycles. The molecule has 3 heterocycles. The lowest BCUT2D eigenvalue weighted by molar-refractivity contribution is -0.148. The normalized spacial score (nSPS) is 24.7. The molecule has 0 aromatic heterocycles. The quantitative estimate of drug-likeness (QED) is 0.0850. The Kier molecular flexibility index (Phi) is 13.8. The molecule has 3 fully saturated rings. The van der Waals surface area contributed by atoms with Crippen LogP contribution in [0.1, 0.15) is 52.9 Å². The van der Waals surface area contributed by atoms with Gasteiger partial charge >= 0.3 is 5.97 Å². The number of carboxylic acid groups (broad SMARTS) is 1. The molecule has 9 N–H and O–H groups in total. The van der Waals surface area contributed by atoms with Crippen molar-refractivity contribution >= 4 is 47.3 Å². The highest BCUT2D eigenvalue weighted by Gasteiger charge is 2.45. The summed E-state index contributed by atoms with van der Waals surface area (Å²) in [5.74, 6) is -6.15. The third kappa shape index (κ3) is 9.85. The molecule has 3 aliphatic heterocycles. The number of hydrogen-bond acceptors (Lipinski definition) is 11. The number of aliphatic carboxylic acids is 1. The molecule has 3 rings (SSSR count). The van der Waals surface area contributed by atoms with Gasteiger partial charge in [0.05, 0.1) is 31.8 Å². The van der Waals surface area contributed by atoms with E-state index in [-0.39, 0.29) is 51.4 Å². The largest absolute Gasteiger partial charge is 0.480 e. The first-order chi connectivity index (χ1) is 23.1. The molecule has 19 heteroatoms. The Morgan fingerprint density at radius 2 is 1.29 bits per heavy atom. The molecule has 19 nitrogen and oxygen atoms in total. The van der Waals surface area contributed by atoms with Crippen molar-refractivity contribution in [2.24, 2.45) is 11.7 Å². The summed E-state index contributed by atoms with van der Waals surface area (Å²) in [6.07, 6.45) is -1.41. The van der Waals surface area contributed by atoms with Gasteiger partial charge in [0, 0.05) is 19.6 Å². The number of hydrogen-bond donors (Lipinski definition) is 8. The van der Waals surface area contributed by atoms with Crippen molar-refractivity contribution in [3.63, 3.8) is 0 Å². The maximum absolute atomic E-state index is 13.7. The fraction of sp³-hybridized carbons (Fsp3) is 0.733. The molecule has 3 aliphatic rings. The Labute approximate surface area is 283 Å². The standard InChI is InChI=1S/C30H48N8O11/c1-15(2)11-17(35-22(42)13-32-26(44)24-19(39)6-9-37(24)28(46)16(3)34-21(41)12-31)29(47)38-10-7-20(40)25(38)27(45)33-14-23(43)36-8-4-5-18(36)30(48)49/h15-20,24-25,39-40H,4-14,31H2,1-3H3,(H,32,44)(H,33,45)(H,34,41)(H,35,42)(H,48,49)/t16-,17-,18-,19+,20+,24-,25-/m0/s1. The number of nitrogens with one attached hydrogen (secondary N) is 4. The number of carbonyl (C=O) groups excluding carboxylic acids is 7. The van der Waals surface area contributed by atoms with E-state index in [4.69, 9.17) is 5.73 Å². The van der Waals surface area contributed by atoms with Gasteiger partial charge < -0.3 is 57.0 Å². The highest BCUT2D eigenvalue weighted by Crippen LogP contribution is 2.22. The monoisotopic (exact) mass is 696 g/mol. The number of amides is 7. The van der Waals surface area contributed by atoms with Crippen LogP contribution in [0.2, 0.25) is 0 Å². The average Bonchev–Trinajstić information content (AvgIpc) is 3.79. The van der Waals surface area contributed by atoms with Crippen molar-refractivity contribution in [1.82, 2.24) is 36.0 Å². The zero-order valence-electron chi connectivity index (χ0n) is 27.9. The summed E-state index contributed by atoms with van der Waals surface area (Å²) < 4.78 is 0. The van der Waals surface area contributed by atoms with Gasteiger partial charge in [-0.05, 0) is 44.9 Å². The third-order valence-corrected chi connectivity index (χ3v) is 8.80. The van der Waals surface area contributed by atoms with Gasteiger partial charge in [-0.25, -0.2) is 4.79 Å². The van der Waals surface area contributed by atoms with Crippen molar-refractivity contribution in [3.05, 3.63) is 0 Å². The fourth-order valence-electron chi connectivity index (χ4n) is 6.39. The maximum Gasteiger partial charge on any atom is 0.326 e. The summed E-state index contributed by atoms with van der Waals surface area (Å²) in [5, 5.41) is 40.1. The molecular weight excluding hydrogens is 648 g/mol. The SMILES string of the molecule is CC(C)C[C@H](NC(=O)CNC(=O)[C@@H]1[C@H](O)CCN1C(=O)[C@H](C)NC(=O)CN)C(=O)N1CC[C@@H](O)[C@H]1C(=O)NCC(=O)N1CCC[C@H]1C(=O)O. The van der Waals surface area contributed by atoms with Gasteiger partial charge in [-0.1, -0.05) is 13.8 Å². The van der Waals surface area contributed by atoms with Crippen molar-refractivity contribution in [2.45, 2.75) is 95.3 Å². The van der Waals surface area contributed by atoms with Crippen molar-refractivity contribution < 1.29 is 53.7 Å². The Morgan fingerprint density at radius 1 is 0.735 bits per heavy atom. The molecule has 0 aromatic rings. The predicted octanol–water partition coefficient (Wildman–Crippen LogP) is -4.79. The fourth-order valence-corrected chi connectivity index (χ4v) is 6.39. The molecule has 274 valence electrons. The average molecular weight is 697 g/mol. The summed E-state index contributed by atoms with van der Waals surface area (Å²) in [7, 11) is 0. The number of carbonyl (C=O) groups is 8. The van der Waals surface area contributed by atoms with E-state index in [9.17, 15) is 53.7 Å². The smallest absolute Gasteiger partial charge is 0.326 e. The number of likely N-dealkylation sites (tertiary alicyclic amines) is 3. The molecule has 7 atom stereocenters. The van der Waals surface area contributed by atoms with Crippen LogP contribution in [0.25, 0.3) is 0 Å². The predicted molar refractivity (Wildman–Crippen MR) is 169 cm³/mol. The number of rotatable bonds is 14. The van der Waals surface area contributed by atoms with Gasteiger partial charge in [-0.3, -0.25) is 33.6 Å². The van der Waals surface area contributed by atoms with Crippen LogP contribution in [-0.4, -0.2) is 159 Å². The van der Waals surface area contributed by atoms with Crippen LogP contribution in [0, 0.1) is 5.92 Å². The summed E-state index contributed by atoms with van der Waals surface area (Å²) in [4.78, 5) is 105. The van der Waals surface area contributed by atoms with Gasteiger partial charge in [0.25, 0.3) is 0 Å². The van der Waals surface area contributed by atoms with Crippen LogP contribution in [0.3, 0.4) is 0 Å². The molecule has 0 saturated carbocycles. The Balaban J connectivity index is 1.61. The van der Waals surface area contributed by atoms with Crippen LogP contribution in [-0.2, 0) is 38.4 Å². The summed E-state index contributed by atoms with van der Waals surface area (Å²) in [5.41, 5.74) is 5.27. The lowest BCUT2D eigenvalue weighted by Crippen LogP contribution is -2.58. The molecule has 0 spiro atoms. The van der Waals surface area contributed by atoms with Gasteiger partial charge in [0.2, 0.25) is 41.4 Å². The first kappa shape index (κ1) is 39.1. The second kappa shape index (κ2) is 17.3. The lowest BCUT2D eigenvalue weighted by atomic mass is 10.0. The van der Waals surface area contributed by atoms with E-state index < -0.39 is 103 Å². The van der Waals surface area contributed by atoms with E-state index in [1.807, 2.05) is 0 Å². The van der Waals surface area contributed by atoms with Crippen LogP contribution >= 0.6 is 0 Å². The van der Waals surface area contributed by atoms with Gasteiger partial charge in [0.1, 0.15) is 30.2 Å². The van der Waals surface area contributed by atoms with E-state index in [0.717, 1.165) is 14.7 Å². The zero-order valence-corrected chi connectivity index (χ0v) is 27.9. The van der Waals surface area contributed by atoms with Crippen LogP contribution in [0.4, 0.5) is 0 Å².